The van der Waals surface area contributed by atoms with Crippen molar-refractivity contribution in [3.8, 4) is 23.0 Å². The second-order valence-electron chi connectivity index (χ2n) is 8.89. The van der Waals surface area contributed by atoms with E-state index in [1.165, 1.54) is 12.1 Å². The number of nitrogens with one attached hydrogen (secondary N) is 1. The number of ether oxygens (including phenoxy) is 2. The van der Waals surface area contributed by atoms with E-state index in [9.17, 15) is 15.0 Å². The van der Waals surface area contributed by atoms with Gasteiger partial charge in [-0.1, -0.05) is 25.1 Å². The normalized spacial score (nSPS) is 16.2. The zero-order valence-electron chi connectivity index (χ0n) is 21.0. The minimum absolute atomic E-state index is 0.0246. The molecule has 3 aromatic rings. The van der Waals surface area contributed by atoms with Crippen molar-refractivity contribution in [2.75, 3.05) is 14.2 Å². The topological polar surface area (TPSA) is 125 Å². The summed E-state index contributed by atoms with van der Waals surface area (Å²) in [6.45, 7) is 1.97. The van der Waals surface area contributed by atoms with E-state index in [0.29, 0.717) is 42.0 Å². The van der Waals surface area contributed by atoms with Crippen molar-refractivity contribution < 1.29 is 24.5 Å². The SMILES string of the molecule is COc1ccc(CCC(N=Nc2ccc(C3=NNC(=O)CC3C)cc2)c2ccc(O)cc2O)cc1OC. The van der Waals surface area contributed by atoms with Crippen molar-refractivity contribution in [1.82, 2.24) is 5.43 Å². The van der Waals surface area contributed by atoms with Gasteiger partial charge in [0.2, 0.25) is 5.91 Å². The number of carbonyl (C=O) groups excluding carboxylic acids is 1. The van der Waals surface area contributed by atoms with E-state index in [4.69, 9.17) is 9.47 Å². The van der Waals surface area contributed by atoms with Crippen LogP contribution in [-0.2, 0) is 11.2 Å². The summed E-state index contributed by atoms with van der Waals surface area (Å²) in [5, 5.41) is 33.4. The van der Waals surface area contributed by atoms with Crippen molar-refractivity contribution in [3.05, 3.63) is 77.4 Å². The summed E-state index contributed by atoms with van der Waals surface area (Å²) >= 11 is 0. The Hall–Kier alpha value is -4.40. The molecule has 4 rings (SSSR count). The number of azo groups is 1. The third-order valence-electron chi connectivity index (χ3n) is 6.26. The number of aromatic hydroxyl groups is 2. The molecule has 9 nitrogen and oxygen atoms in total. The Bertz CT molecular complexity index is 1320. The molecule has 1 aliphatic heterocycles. The van der Waals surface area contributed by atoms with Crippen LogP contribution in [0.15, 0.2) is 76.0 Å². The summed E-state index contributed by atoms with van der Waals surface area (Å²) in [5.74, 6) is 1.17. The third kappa shape index (κ3) is 6.24. The van der Waals surface area contributed by atoms with Gasteiger partial charge in [-0.05, 0) is 60.4 Å². The lowest BCUT2D eigenvalue weighted by molar-refractivity contribution is -0.121. The molecule has 1 amide bonds. The molecule has 2 unspecified atom stereocenters. The van der Waals surface area contributed by atoms with Gasteiger partial charge < -0.3 is 19.7 Å². The van der Waals surface area contributed by atoms with Crippen LogP contribution in [0, 0.1) is 5.92 Å². The summed E-state index contributed by atoms with van der Waals surface area (Å²) < 4.78 is 10.7. The average Bonchev–Trinajstić information content (AvgIpc) is 2.89. The lowest BCUT2D eigenvalue weighted by atomic mass is 9.94. The Kier molecular flexibility index (Phi) is 8.02. The van der Waals surface area contributed by atoms with Crippen LogP contribution in [0.1, 0.15) is 42.5 Å². The molecular weight excluding hydrogens is 472 g/mol. The predicted molar refractivity (Wildman–Crippen MR) is 140 cm³/mol. The van der Waals surface area contributed by atoms with E-state index in [-0.39, 0.29) is 23.3 Å². The zero-order valence-corrected chi connectivity index (χ0v) is 21.0. The van der Waals surface area contributed by atoms with Gasteiger partial charge in [0.15, 0.2) is 11.5 Å². The number of phenols is 2. The number of amides is 1. The molecule has 0 aromatic heterocycles. The molecule has 0 fully saturated rings. The summed E-state index contributed by atoms with van der Waals surface area (Å²) in [7, 11) is 3.19. The first-order valence-electron chi connectivity index (χ1n) is 12.0. The standard InChI is InChI=1S/C28H30N4O5/c1-17-14-27(35)31-32-28(17)19-6-8-20(9-7-19)29-30-23(22-11-10-21(33)16-24(22)34)12-4-18-5-13-25(36-2)26(15-18)37-3/h5-11,13,15-17,23,33-34H,4,12,14H2,1-3H3,(H,31,35). The number of aryl methyl sites for hydroxylation is 1. The van der Waals surface area contributed by atoms with E-state index in [2.05, 4.69) is 20.8 Å². The highest BCUT2D eigenvalue weighted by atomic mass is 16.5. The molecule has 0 radical (unpaired) electrons. The van der Waals surface area contributed by atoms with Crippen LogP contribution < -0.4 is 14.9 Å². The maximum Gasteiger partial charge on any atom is 0.240 e. The molecule has 0 aliphatic carbocycles. The van der Waals surface area contributed by atoms with E-state index in [1.807, 2.05) is 49.4 Å². The second-order valence-corrected chi connectivity index (χ2v) is 8.89. The molecule has 3 aromatic carbocycles. The number of benzene rings is 3. The smallest absolute Gasteiger partial charge is 0.240 e. The molecule has 0 saturated carbocycles. The van der Waals surface area contributed by atoms with E-state index >= 15 is 0 Å². The fourth-order valence-electron chi connectivity index (χ4n) is 4.27. The van der Waals surface area contributed by atoms with Crippen LogP contribution in [-0.4, -0.2) is 36.1 Å². The number of hydrazone groups is 1. The number of nitrogens with zero attached hydrogens (tertiary/aromatic N) is 3. The number of carbonyl (C=O) groups is 1. The first kappa shape index (κ1) is 25.7. The van der Waals surface area contributed by atoms with Gasteiger partial charge >= 0.3 is 0 Å². The average molecular weight is 503 g/mol. The Balaban J connectivity index is 1.54. The predicted octanol–water partition coefficient (Wildman–Crippen LogP) is 5.43. The number of phenolic OH excluding ortho intramolecular Hbond substituents is 2. The molecule has 192 valence electrons. The minimum atomic E-state index is -0.452. The molecule has 9 heteroatoms. The summed E-state index contributed by atoms with van der Waals surface area (Å²) in [5.41, 5.74) is 6.51. The fraction of sp³-hybridized carbons (Fsp3) is 0.286. The van der Waals surface area contributed by atoms with Gasteiger partial charge in [-0.25, -0.2) is 5.43 Å². The van der Waals surface area contributed by atoms with Gasteiger partial charge in [0.05, 0.1) is 25.6 Å². The van der Waals surface area contributed by atoms with Gasteiger partial charge in [-0.2, -0.15) is 15.3 Å². The van der Waals surface area contributed by atoms with Crippen LogP contribution in [0.5, 0.6) is 23.0 Å². The quantitative estimate of drug-likeness (QED) is 0.336. The van der Waals surface area contributed by atoms with Crippen molar-refractivity contribution in [2.24, 2.45) is 21.2 Å². The Labute approximate surface area is 215 Å². The highest BCUT2D eigenvalue weighted by Gasteiger charge is 2.21. The van der Waals surface area contributed by atoms with Gasteiger partial charge in [0.25, 0.3) is 0 Å². The van der Waals surface area contributed by atoms with Crippen LogP contribution in [0.4, 0.5) is 5.69 Å². The zero-order chi connectivity index (χ0) is 26.4. The van der Waals surface area contributed by atoms with E-state index in [1.54, 1.807) is 20.3 Å². The van der Waals surface area contributed by atoms with E-state index in [0.717, 1.165) is 16.8 Å². The van der Waals surface area contributed by atoms with Crippen LogP contribution >= 0.6 is 0 Å². The number of rotatable bonds is 9. The molecule has 2 atom stereocenters. The van der Waals surface area contributed by atoms with Crippen molar-refractivity contribution in [1.29, 1.82) is 0 Å². The molecular formula is C28H30N4O5. The molecule has 1 heterocycles. The van der Waals surface area contributed by atoms with Crippen LogP contribution in [0.2, 0.25) is 0 Å². The minimum Gasteiger partial charge on any atom is -0.508 e. The molecule has 0 saturated heterocycles. The maximum atomic E-state index is 11.5. The molecule has 0 spiro atoms. The van der Waals surface area contributed by atoms with Crippen LogP contribution in [0.25, 0.3) is 0 Å². The lowest BCUT2D eigenvalue weighted by Gasteiger charge is -2.19. The van der Waals surface area contributed by atoms with Gasteiger partial charge in [-0.3, -0.25) is 4.79 Å². The van der Waals surface area contributed by atoms with Crippen molar-refractivity contribution in [2.45, 2.75) is 32.2 Å². The monoisotopic (exact) mass is 502 g/mol. The number of hydrogen-bond acceptors (Lipinski definition) is 8. The van der Waals surface area contributed by atoms with Crippen molar-refractivity contribution in [3.63, 3.8) is 0 Å². The third-order valence-corrected chi connectivity index (χ3v) is 6.26. The second kappa shape index (κ2) is 11.6. The lowest BCUT2D eigenvalue weighted by Crippen LogP contribution is -2.31. The molecule has 0 bridgehead atoms. The summed E-state index contributed by atoms with van der Waals surface area (Å²) in [6.07, 6.45) is 1.61. The highest BCUT2D eigenvalue weighted by Crippen LogP contribution is 2.35. The summed E-state index contributed by atoms with van der Waals surface area (Å²) in [4.78, 5) is 11.5. The number of hydrogen-bond donors (Lipinski definition) is 3. The van der Waals surface area contributed by atoms with Gasteiger partial charge in [0.1, 0.15) is 17.5 Å². The molecule has 3 N–H and O–H groups in total. The maximum absolute atomic E-state index is 11.5. The first-order chi connectivity index (χ1) is 17.9. The summed E-state index contributed by atoms with van der Waals surface area (Å²) in [6, 6.07) is 17.2. The number of methoxy groups -OCH3 is 2. The molecule has 1 aliphatic rings. The van der Waals surface area contributed by atoms with Crippen molar-refractivity contribution >= 4 is 17.3 Å². The Morgan fingerprint density at radius 3 is 2.46 bits per heavy atom. The Morgan fingerprint density at radius 2 is 1.78 bits per heavy atom. The van der Waals surface area contributed by atoms with E-state index < -0.39 is 6.04 Å². The fourth-order valence-corrected chi connectivity index (χ4v) is 4.27. The van der Waals surface area contributed by atoms with Gasteiger partial charge in [0, 0.05) is 24.0 Å². The largest absolute Gasteiger partial charge is 0.508 e. The molecule has 37 heavy (non-hydrogen) atoms. The highest BCUT2D eigenvalue weighted by molar-refractivity contribution is 6.05. The first-order valence-corrected chi connectivity index (χ1v) is 12.0. The Morgan fingerprint density at radius 1 is 1.03 bits per heavy atom. The van der Waals surface area contributed by atoms with Crippen LogP contribution in [0.3, 0.4) is 0 Å². The van der Waals surface area contributed by atoms with Gasteiger partial charge in [-0.15, -0.1) is 0 Å².